The van der Waals surface area contributed by atoms with E-state index in [1.165, 1.54) is 11.1 Å². The van der Waals surface area contributed by atoms with E-state index in [9.17, 15) is 0 Å². The van der Waals surface area contributed by atoms with Crippen molar-refractivity contribution in [2.75, 3.05) is 6.54 Å². The van der Waals surface area contributed by atoms with Gasteiger partial charge in [-0.2, -0.15) is 0 Å². The van der Waals surface area contributed by atoms with Crippen LogP contribution in [0.5, 0.6) is 0 Å². The van der Waals surface area contributed by atoms with Crippen LogP contribution in [-0.4, -0.2) is 6.54 Å². The molecule has 1 N–H and O–H groups in total. The Hall–Kier alpha value is -0.350. The van der Waals surface area contributed by atoms with E-state index in [2.05, 4.69) is 69.2 Å². The second kappa shape index (κ2) is 7.77. The zero-order valence-electron chi connectivity index (χ0n) is 12.1. The highest BCUT2D eigenvalue weighted by atomic mass is 79.9. The van der Waals surface area contributed by atoms with Crippen LogP contribution in [0.15, 0.2) is 45.3 Å². The number of hydrogen-bond donors (Lipinski definition) is 1. The molecule has 0 saturated heterocycles. The van der Waals surface area contributed by atoms with Crippen LogP contribution in [0.25, 0.3) is 0 Å². The molecule has 0 aliphatic carbocycles. The summed E-state index contributed by atoms with van der Waals surface area (Å²) in [7, 11) is 0. The van der Waals surface area contributed by atoms with Gasteiger partial charge in [-0.1, -0.05) is 62.5 Å². The lowest BCUT2D eigenvalue weighted by Gasteiger charge is -2.23. The highest BCUT2D eigenvalue weighted by Crippen LogP contribution is 2.34. The van der Waals surface area contributed by atoms with Crippen molar-refractivity contribution in [2.24, 2.45) is 0 Å². The van der Waals surface area contributed by atoms with Crippen LogP contribution in [0.3, 0.4) is 0 Å². The number of hydrogen-bond acceptors (Lipinski definition) is 1. The van der Waals surface area contributed by atoms with Crippen LogP contribution in [0, 0.1) is 6.92 Å². The van der Waals surface area contributed by atoms with E-state index in [4.69, 9.17) is 11.6 Å². The fourth-order valence-electron chi connectivity index (χ4n) is 2.35. The van der Waals surface area contributed by atoms with E-state index in [0.717, 1.165) is 32.5 Å². The fraction of sp³-hybridized carbons (Fsp3) is 0.294. The van der Waals surface area contributed by atoms with Crippen molar-refractivity contribution in [1.29, 1.82) is 0 Å². The first-order chi connectivity index (χ1) is 10.0. The van der Waals surface area contributed by atoms with Gasteiger partial charge < -0.3 is 5.32 Å². The lowest BCUT2D eigenvalue weighted by Crippen LogP contribution is -2.24. The zero-order valence-corrected chi connectivity index (χ0v) is 16.0. The third kappa shape index (κ3) is 4.10. The van der Waals surface area contributed by atoms with Crippen molar-refractivity contribution < 1.29 is 0 Å². The monoisotopic (exact) mass is 429 g/mol. The summed E-state index contributed by atoms with van der Waals surface area (Å²) in [5, 5.41) is 4.44. The smallest absolute Gasteiger partial charge is 0.0591 e. The van der Waals surface area contributed by atoms with E-state index in [1.54, 1.807) is 0 Å². The minimum absolute atomic E-state index is 0.121. The van der Waals surface area contributed by atoms with Gasteiger partial charge in [0.25, 0.3) is 0 Å². The van der Waals surface area contributed by atoms with E-state index in [1.807, 2.05) is 18.2 Å². The molecule has 0 spiro atoms. The van der Waals surface area contributed by atoms with Gasteiger partial charge in [0.15, 0.2) is 0 Å². The molecular weight excluding hydrogens is 413 g/mol. The molecule has 0 aliphatic heterocycles. The van der Waals surface area contributed by atoms with E-state index < -0.39 is 0 Å². The first-order valence-corrected chi connectivity index (χ1v) is 8.94. The van der Waals surface area contributed by atoms with Gasteiger partial charge in [-0.15, -0.1) is 0 Å². The lowest BCUT2D eigenvalue weighted by molar-refractivity contribution is 0.594. The van der Waals surface area contributed by atoms with Crippen molar-refractivity contribution in [3.05, 3.63) is 67.1 Å². The largest absolute Gasteiger partial charge is 0.306 e. The molecule has 2 rings (SSSR count). The van der Waals surface area contributed by atoms with Gasteiger partial charge in [-0.3, -0.25) is 0 Å². The molecule has 2 aromatic rings. The predicted molar refractivity (Wildman–Crippen MR) is 98.2 cm³/mol. The molecule has 21 heavy (non-hydrogen) atoms. The Kier molecular flexibility index (Phi) is 6.30. The minimum Gasteiger partial charge on any atom is -0.306 e. The molecule has 0 fully saturated rings. The molecule has 1 nitrogen and oxygen atoms in total. The normalized spacial score (nSPS) is 12.4. The predicted octanol–water partition coefficient (Wildman–Crippen LogP) is 6.26. The van der Waals surface area contributed by atoms with Gasteiger partial charge in [0.1, 0.15) is 0 Å². The van der Waals surface area contributed by atoms with Crippen LogP contribution in [0.1, 0.15) is 36.1 Å². The number of benzene rings is 2. The van der Waals surface area contributed by atoms with Crippen LogP contribution in [-0.2, 0) is 0 Å². The highest BCUT2D eigenvalue weighted by molar-refractivity contribution is 9.11. The third-order valence-corrected chi connectivity index (χ3v) is 5.11. The topological polar surface area (TPSA) is 12.0 Å². The van der Waals surface area contributed by atoms with Gasteiger partial charge in [-0.25, -0.2) is 0 Å². The summed E-state index contributed by atoms with van der Waals surface area (Å²) in [6, 6.07) is 12.5. The molecule has 0 saturated carbocycles. The van der Waals surface area contributed by atoms with Crippen LogP contribution >= 0.6 is 43.5 Å². The van der Waals surface area contributed by atoms with Crippen molar-refractivity contribution in [3.8, 4) is 0 Å². The molecule has 0 bridgehead atoms. The van der Waals surface area contributed by atoms with Gasteiger partial charge >= 0.3 is 0 Å². The van der Waals surface area contributed by atoms with Crippen LogP contribution < -0.4 is 5.32 Å². The molecule has 112 valence electrons. The SMILES string of the molecule is CCCNC(c1cc(Br)ccc1Br)c1cccc(Cl)c1C. The standard InChI is InChI=1S/C17H18Br2ClN/c1-3-9-21-17(13-5-4-6-16(20)11(13)2)14-10-12(18)7-8-15(14)19/h4-8,10,17,21H,3,9H2,1-2H3. The number of rotatable bonds is 5. The molecule has 0 aromatic heterocycles. The average Bonchev–Trinajstić information content (AvgIpc) is 2.47. The highest BCUT2D eigenvalue weighted by Gasteiger charge is 2.19. The minimum atomic E-state index is 0.121. The van der Waals surface area contributed by atoms with Gasteiger partial charge in [0.2, 0.25) is 0 Å². The van der Waals surface area contributed by atoms with Gasteiger partial charge in [0, 0.05) is 14.0 Å². The van der Waals surface area contributed by atoms with E-state index >= 15 is 0 Å². The Balaban J connectivity index is 2.52. The maximum Gasteiger partial charge on any atom is 0.0591 e. The molecule has 0 radical (unpaired) electrons. The quantitative estimate of drug-likeness (QED) is 0.589. The molecule has 0 heterocycles. The maximum absolute atomic E-state index is 6.30. The van der Waals surface area contributed by atoms with Crippen molar-refractivity contribution in [1.82, 2.24) is 5.32 Å². The van der Waals surface area contributed by atoms with Crippen LogP contribution in [0.4, 0.5) is 0 Å². The number of nitrogens with one attached hydrogen (secondary N) is 1. The maximum atomic E-state index is 6.30. The van der Waals surface area contributed by atoms with Gasteiger partial charge in [0.05, 0.1) is 6.04 Å². The fourth-order valence-corrected chi connectivity index (χ4v) is 3.39. The molecule has 0 aliphatic rings. The van der Waals surface area contributed by atoms with Crippen molar-refractivity contribution in [3.63, 3.8) is 0 Å². The Morgan fingerprint density at radius 3 is 2.62 bits per heavy atom. The van der Waals surface area contributed by atoms with E-state index in [0.29, 0.717) is 0 Å². The van der Waals surface area contributed by atoms with Crippen LogP contribution in [0.2, 0.25) is 5.02 Å². The summed E-state index contributed by atoms with van der Waals surface area (Å²) >= 11 is 13.5. The first kappa shape index (κ1) is 17.0. The second-order valence-corrected chi connectivity index (χ2v) is 7.18. The second-order valence-electron chi connectivity index (χ2n) is 5.01. The number of halogens is 3. The van der Waals surface area contributed by atoms with Gasteiger partial charge in [-0.05, 0) is 60.8 Å². The lowest BCUT2D eigenvalue weighted by atomic mass is 9.95. The molecule has 4 heteroatoms. The molecule has 0 amide bonds. The molecule has 1 atom stereocenters. The van der Waals surface area contributed by atoms with Crippen molar-refractivity contribution in [2.45, 2.75) is 26.3 Å². The Bertz CT molecular complexity index is 626. The molecule has 2 aromatic carbocycles. The zero-order chi connectivity index (χ0) is 15.4. The summed E-state index contributed by atoms with van der Waals surface area (Å²) in [6.07, 6.45) is 1.09. The molecule has 1 unspecified atom stereocenters. The Morgan fingerprint density at radius 1 is 1.14 bits per heavy atom. The average molecular weight is 432 g/mol. The Labute approximate surface area is 148 Å². The third-order valence-electron chi connectivity index (χ3n) is 3.49. The van der Waals surface area contributed by atoms with Crippen molar-refractivity contribution >= 4 is 43.5 Å². The Morgan fingerprint density at radius 2 is 1.90 bits per heavy atom. The van der Waals surface area contributed by atoms with E-state index in [-0.39, 0.29) is 6.04 Å². The summed E-state index contributed by atoms with van der Waals surface area (Å²) in [4.78, 5) is 0. The first-order valence-electron chi connectivity index (χ1n) is 6.98. The summed E-state index contributed by atoms with van der Waals surface area (Å²) in [6.45, 7) is 5.20. The summed E-state index contributed by atoms with van der Waals surface area (Å²) < 4.78 is 2.17. The summed E-state index contributed by atoms with van der Waals surface area (Å²) in [5.41, 5.74) is 3.55. The summed E-state index contributed by atoms with van der Waals surface area (Å²) in [5.74, 6) is 0. The molecular formula is C17H18Br2ClN.